The van der Waals surface area contributed by atoms with Crippen molar-refractivity contribution in [3.8, 4) is 23.0 Å². The molecule has 3 fully saturated rings. The molecule has 44 heavy (non-hydrogen) atoms. The van der Waals surface area contributed by atoms with Gasteiger partial charge in [-0.1, -0.05) is 13.0 Å². The highest BCUT2D eigenvalue weighted by Crippen LogP contribution is 2.41. The Morgan fingerprint density at radius 1 is 1.25 bits per heavy atom. The van der Waals surface area contributed by atoms with Crippen LogP contribution in [0, 0.1) is 11.6 Å². The first-order chi connectivity index (χ1) is 21.2. The van der Waals surface area contributed by atoms with Crippen LogP contribution in [-0.4, -0.2) is 81.5 Å². The van der Waals surface area contributed by atoms with Crippen molar-refractivity contribution in [3.05, 3.63) is 47.7 Å². The van der Waals surface area contributed by atoms with Crippen molar-refractivity contribution in [2.45, 2.75) is 50.4 Å². The lowest BCUT2D eigenvalue weighted by atomic mass is 9.94. The molecule has 0 aliphatic carbocycles. The third-order valence-electron chi connectivity index (χ3n) is 9.02. The monoisotopic (exact) mass is 607 g/mol. The second-order valence-corrected chi connectivity index (χ2v) is 11.8. The first kappa shape index (κ1) is 28.4. The van der Waals surface area contributed by atoms with E-state index >= 15 is 4.39 Å². The molecule has 7 rings (SSSR count). The fraction of sp³-hybridized carbons (Fsp3) is 0.419. The number of urea groups is 1. The summed E-state index contributed by atoms with van der Waals surface area (Å²) in [5, 5.41) is 20.4. The smallest absolute Gasteiger partial charge is 0.319 e. The van der Waals surface area contributed by atoms with Gasteiger partial charge in [-0.25, -0.2) is 18.0 Å². The fourth-order valence-corrected chi connectivity index (χ4v) is 6.95. The molecule has 13 heteroatoms. The van der Waals surface area contributed by atoms with E-state index in [0.29, 0.717) is 42.3 Å². The predicted molar refractivity (Wildman–Crippen MR) is 159 cm³/mol. The minimum Gasteiger partial charge on any atom is -0.508 e. The van der Waals surface area contributed by atoms with Gasteiger partial charge in [-0.3, -0.25) is 9.88 Å². The molecule has 3 aliphatic rings. The van der Waals surface area contributed by atoms with Crippen LogP contribution in [0.3, 0.4) is 0 Å². The number of nitrogens with one attached hydrogen (secondary N) is 3. The van der Waals surface area contributed by atoms with Gasteiger partial charge in [-0.2, -0.15) is 9.97 Å². The molecular weight excluding hydrogens is 575 g/mol. The maximum absolute atomic E-state index is 16.6. The predicted octanol–water partition coefficient (Wildman–Crippen LogP) is 4.44. The Balaban J connectivity index is 1.32. The number of aromatic hydroxyl groups is 1. The number of anilines is 1. The second-order valence-electron chi connectivity index (χ2n) is 11.8. The van der Waals surface area contributed by atoms with Crippen LogP contribution in [0.1, 0.15) is 31.7 Å². The largest absolute Gasteiger partial charge is 0.508 e. The number of rotatable bonds is 8. The highest BCUT2D eigenvalue weighted by Gasteiger charge is 2.49. The summed E-state index contributed by atoms with van der Waals surface area (Å²) in [6.45, 7) is 3.78. The number of amides is 2. The average Bonchev–Trinajstić information content (AvgIpc) is 3.68. The van der Waals surface area contributed by atoms with Gasteiger partial charge in [0, 0.05) is 37.8 Å². The Labute approximate surface area is 251 Å². The molecule has 2 aromatic carbocycles. The molecule has 4 aromatic rings. The molecule has 3 atom stereocenters. The first-order valence-corrected chi connectivity index (χ1v) is 14.9. The molecule has 0 bridgehead atoms. The lowest BCUT2D eigenvalue weighted by Crippen LogP contribution is -2.43. The van der Waals surface area contributed by atoms with Gasteiger partial charge in [0.15, 0.2) is 5.82 Å². The zero-order chi connectivity index (χ0) is 30.6. The van der Waals surface area contributed by atoms with Crippen LogP contribution >= 0.6 is 0 Å². The van der Waals surface area contributed by atoms with Crippen LogP contribution in [0.2, 0.25) is 0 Å². The standard InChI is InChI=1S/C31H32F3N7O3/c1-2-20-23(33)5-4-16-8-19(42)9-21(24(16)20)26-25(34)27-22(13-35-26)28(36-11-18-12-37-29(43)38-18)40-30(39-27)44-15-31-6-3-7-41(31)14-17(32)10-31/h4-5,8-9,13,17-18,42H,2-3,6-7,10-12,14-15H2,1H3,(H,36,39,40)(H2,37,38,43)/t17-,18?,31+/m1/s1. The highest BCUT2D eigenvalue weighted by molar-refractivity contribution is 6.01. The summed E-state index contributed by atoms with van der Waals surface area (Å²) in [7, 11) is 0. The average molecular weight is 608 g/mol. The summed E-state index contributed by atoms with van der Waals surface area (Å²) in [6, 6.07) is 5.12. The zero-order valence-corrected chi connectivity index (χ0v) is 24.1. The summed E-state index contributed by atoms with van der Waals surface area (Å²) >= 11 is 0. The van der Waals surface area contributed by atoms with Crippen LogP contribution in [0.25, 0.3) is 32.9 Å². The first-order valence-electron chi connectivity index (χ1n) is 14.9. The van der Waals surface area contributed by atoms with E-state index in [9.17, 15) is 18.7 Å². The topological polar surface area (TPSA) is 125 Å². The minimum atomic E-state index is -0.940. The van der Waals surface area contributed by atoms with Crippen LogP contribution in [0.5, 0.6) is 11.8 Å². The van der Waals surface area contributed by atoms with Crippen molar-refractivity contribution in [3.63, 3.8) is 0 Å². The number of halogens is 3. The number of hydrogen-bond donors (Lipinski definition) is 4. The van der Waals surface area contributed by atoms with E-state index in [-0.39, 0.29) is 65.0 Å². The number of carbonyl (C=O) groups excluding carboxylic acids is 1. The van der Waals surface area contributed by atoms with Crippen molar-refractivity contribution in [1.29, 1.82) is 0 Å². The van der Waals surface area contributed by atoms with Gasteiger partial charge in [0.05, 0.1) is 17.0 Å². The van der Waals surface area contributed by atoms with Crippen LogP contribution in [-0.2, 0) is 6.42 Å². The number of phenolic OH excluding ortho intramolecular Hbond substituents is 1. The van der Waals surface area contributed by atoms with Crippen molar-refractivity contribution in [2.75, 3.05) is 38.1 Å². The maximum atomic E-state index is 16.6. The number of benzene rings is 2. The Bertz CT molecular complexity index is 1790. The van der Waals surface area contributed by atoms with Gasteiger partial charge in [0.2, 0.25) is 0 Å². The number of nitrogens with zero attached hydrogens (tertiary/aromatic N) is 4. The molecule has 0 saturated carbocycles. The summed E-state index contributed by atoms with van der Waals surface area (Å²) in [5.41, 5.74) is -0.0563. The molecule has 0 spiro atoms. The van der Waals surface area contributed by atoms with Crippen molar-refractivity contribution < 1.29 is 27.8 Å². The molecule has 3 aliphatic heterocycles. The van der Waals surface area contributed by atoms with Crippen LogP contribution in [0.15, 0.2) is 30.5 Å². The lowest BCUT2D eigenvalue weighted by Gasteiger charge is -2.30. The van der Waals surface area contributed by atoms with E-state index in [2.05, 4.69) is 35.8 Å². The van der Waals surface area contributed by atoms with E-state index in [0.717, 1.165) is 19.4 Å². The molecule has 2 amide bonds. The van der Waals surface area contributed by atoms with Gasteiger partial charge in [0.25, 0.3) is 0 Å². The molecule has 4 N–H and O–H groups in total. The number of alkyl halides is 1. The SMILES string of the molecule is CCc1c(F)ccc2cc(O)cc(-c3ncc4c(NCC5CNC(=O)N5)nc(OC[C@@]56CCCN5C[C@H](F)C6)nc4c3F)c12. The quantitative estimate of drug-likeness (QED) is 0.232. The Morgan fingerprint density at radius 3 is 2.91 bits per heavy atom. The molecular formula is C31H32F3N7O3. The molecule has 5 heterocycles. The third-order valence-corrected chi connectivity index (χ3v) is 9.02. The van der Waals surface area contributed by atoms with E-state index < -0.39 is 23.3 Å². The number of aryl methyl sites for hydroxylation is 1. The normalized spacial score (nSPS) is 23.2. The van der Waals surface area contributed by atoms with E-state index in [1.165, 1.54) is 30.5 Å². The summed E-state index contributed by atoms with van der Waals surface area (Å²) in [6.07, 6.45) is 2.89. The number of ether oxygens (including phenoxy) is 1. The van der Waals surface area contributed by atoms with Gasteiger partial charge in [0.1, 0.15) is 41.4 Å². The zero-order valence-electron chi connectivity index (χ0n) is 24.1. The molecule has 0 radical (unpaired) electrons. The minimum absolute atomic E-state index is 0.0856. The highest BCUT2D eigenvalue weighted by atomic mass is 19.1. The van der Waals surface area contributed by atoms with Gasteiger partial charge < -0.3 is 25.8 Å². The van der Waals surface area contributed by atoms with Crippen molar-refractivity contribution >= 4 is 33.5 Å². The molecule has 230 valence electrons. The molecule has 3 saturated heterocycles. The van der Waals surface area contributed by atoms with Crippen molar-refractivity contribution in [1.82, 2.24) is 30.5 Å². The number of carbonyl (C=O) groups is 1. The van der Waals surface area contributed by atoms with Crippen LogP contribution < -0.4 is 20.7 Å². The van der Waals surface area contributed by atoms with Gasteiger partial charge in [-0.15, -0.1) is 0 Å². The molecule has 2 aromatic heterocycles. The van der Waals surface area contributed by atoms with Gasteiger partial charge >= 0.3 is 12.0 Å². The number of hydrogen-bond acceptors (Lipinski definition) is 8. The van der Waals surface area contributed by atoms with E-state index in [4.69, 9.17) is 4.74 Å². The Morgan fingerprint density at radius 2 is 2.11 bits per heavy atom. The maximum Gasteiger partial charge on any atom is 0.319 e. The summed E-state index contributed by atoms with van der Waals surface area (Å²) < 4.78 is 51.9. The third kappa shape index (κ3) is 4.88. The number of pyridine rings is 1. The van der Waals surface area contributed by atoms with E-state index in [1.807, 2.05) is 0 Å². The molecule has 1 unspecified atom stereocenters. The fourth-order valence-electron chi connectivity index (χ4n) is 6.95. The number of aromatic nitrogens is 3. The Hall–Kier alpha value is -4.39. The number of phenols is 1. The van der Waals surface area contributed by atoms with Gasteiger partial charge in [-0.05, 0) is 60.3 Å². The number of fused-ring (bicyclic) bond motifs is 3. The Kier molecular flexibility index (Phi) is 7.07. The molecule has 10 nitrogen and oxygen atoms in total. The van der Waals surface area contributed by atoms with Crippen molar-refractivity contribution in [2.24, 2.45) is 0 Å². The summed E-state index contributed by atoms with van der Waals surface area (Å²) in [5.74, 6) is -1.10. The van der Waals surface area contributed by atoms with E-state index in [1.54, 1.807) is 6.92 Å². The summed E-state index contributed by atoms with van der Waals surface area (Å²) in [4.78, 5) is 27.1. The second kappa shape index (κ2) is 11.0. The lowest BCUT2D eigenvalue weighted by molar-refractivity contribution is 0.107. The van der Waals surface area contributed by atoms with Crippen LogP contribution in [0.4, 0.5) is 23.8 Å².